The molecule has 11 atom stereocenters. The standard InChI is InChI=1S/C27H32O9/c1-22-12-25(31)19-18(20(22)30)36-26-10-17(29)35-21(13-6-8-34-11-13)23(26,2)7-5-14(27(19,26)32)24(25,3)15(22)9-16(28)33-4/h6,8,11,14-15,18-19,21,31-32H,5,7,9-10,12H2,1-4H3. The molecule has 1 aromatic heterocycles. The summed E-state index contributed by atoms with van der Waals surface area (Å²) in [4.78, 5) is 39.9. The number of hydrogen-bond acceptors (Lipinski definition) is 9. The summed E-state index contributed by atoms with van der Waals surface area (Å²) in [6.07, 6.45) is 2.16. The van der Waals surface area contributed by atoms with E-state index in [2.05, 4.69) is 0 Å². The maximum atomic E-state index is 14.2. The van der Waals surface area contributed by atoms with Crippen LogP contribution in [0.3, 0.4) is 0 Å². The molecule has 4 aliphatic carbocycles. The smallest absolute Gasteiger partial charge is 0.309 e. The highest BCUT2D eigenvalue weighted by atomic mass is 16.6. The van der Waals surface area contributed by atoms with Gasteiger partial charge in [0.1, 0.15) is 23.4 Å². The van der Waals surface area contributed by atoms with Gasteiger partial charge in [-0.1, -0.05) is 20.8 Å². The third kappa shape index (κ3) is 1.96. The SMILES string of the molecule is COC(=O)CC1C2(C)CC3(O)C4C(OC56CC(=O)OC(c7ccoc7)C5(C)CCC(C13C)C46O)C2=O. The molecular formula is C27H32O9. The second-order valence-corrected chi connectivity index (χ2v) is 12.8. The second-order valence-electron chi connectivity index (χ2n) is 12.8. The van der Waals surface area contributed by atoms with Crippen molar-refractivity contribution in [2.24, 2.45) is 34.0 Å². The summed E-state index contributed by atoms with van der Waals surface area (Å²) >= 11 is 0. The van der Waals surface area contributed by atoms with Crippen LogP contribution in [0, 0.1) is 34.0 Å². The molecule has 2 saturated heterocycles. The molecule has 2 bridgehead atoms. The molecule has 9 nitrogen and oxygen atoms in total. The van der Waals surface area contributed by atoms with E-state index in [0.29, 0.717) is 18.4 Å². The Morgan fingerprint density at radius 3 is 2.64 bits per heavy atom. The molecule has 1 aromatic rings. The Morgan fingerprint density at radius 2 is 1.97 bits per heavy atom. The molecule has 0 amide bonds. The van der Waals surface area contributed by atoms with Crippen LogP contribution in [0.1, 0.15) is 64.5 Å². The Labute approximate surface area is 208 Å². The van der Waals surface area contributed by atoms with Crippen molar-refractivity contribution in [2.75, 3.05) is 7.11 Å². The number of furan rings is 1. The summed E-state index contributed by atoms with van der Waals surface area (Å²) in [5.41, 5.74) is -6.74. The first-order valence-electron chi connectivity index (χ1n) is 12.8. The number of esters is 2. The summed E-state index contributed by atoms with van der Waals surface area (Å²) in [5, 5.41) is 25.5. The minimum Gasteiger partial charge on any atom is -0.472 e. The van der Waals surface area contributed by atoms with E-state index in [0.717, 1.165) is 0 Å². The van der Waals surface area contributed by atoms with Crippen molar-refractivity contribution in [3.8, 4) is 0 Å². The highest BCUT2D eigenvalue weighted by Crippen LogP contribution is 2.85. The number of ether oxygens (including phenoxy) is 3. The first kappa shape index (κ1) is 22.9. The summed E-state index contributed by atoms with van der Waals surface area (Å²) in [6, 6.07) is 1.74. The number of carbonyl (C=O) groups is 3. The van der Waals surface area contributed by atoms with Crippen molar-refractivity contribution < 1.29 is 43.2 Å². The van der Waals surface area contributed by atoms with Gasteiger partial charge in [0.2, 0.25) is 0 Å². The predicted molar refractivity (Wildman–Crippen MR) is 120 cm³/mol. The Balaban J connectivity index is 1.48. The fourth-order valence-electron chi connectivity index (χ4n) is 10.6. The normalized spacial score (nSPS) is 55.9. The zero-order valence-electron chi connectivity index (χ0n) is 20.9. The van der Waals surface area contributed by atoms with Crippen LogP contribution in [0.2, 0.25) is 0 Å². The number of rotatable bonds is 3. The van der Waals surface area contributed by atoms with Gasteiger partial charge in [0, 0.05) is 28.2 Å². The third-order valence-corrected chi connectivity index (χ3v) is 11.9. The van der Waals surface area contributed by atoms with Crippen molar-refractivity contribution in [3.63, 3.8) is 0 Å². The van der Waals surface area contributed by atoms with Crippen molar-refractivity contribution in [1.29, 1.82) is 0 Å². The minimum atomic E-state index is -1.67. The first-order valence-corrected chi connectivity index (χ1v) is 12.8. The number of cyclic esters (lactones) is 1. The van der Waals surface area contributed by atoms with E-state index in [9.17, 15) is 24.6 Å². The van der Waals surface area contributed by atoms with Crippen LogP contribution in [0.15, 0.2) is 23.0 Å². The van der Waals surface area contributed by atoms with Gasteiger partial charge in [-0.3, -0.25) is 14.4 Å². The quantitative estimate of drug-likeness (QED) is 0.599. The first-order chi connectivity index (χ1) is 16.8. The van der Waals surface area contributed by atoms with Crippen molar-refractivity contribution in [3.05, 3.63) is 24.2 Å². The van der Waals surface area contributed by atoms with E-state index in [1.807, 2.05) is 20.8 Å². The lowest BCUT2D eigenvalue weighted by Crippen LogP contribution is -2.72. The molecule has 7 rings (SSSR count). The van der Waals surface area contributed by atoms with E-state index in [4.69, 9.17) is 18.6 Å². The highest BCUT2D eigenvalue weighted by Gasteiger charge is 2.95. The van der Waals surface area contributed by atoms with Crippen LogP contribution < -0.4 is 0 Å². The lowest BCUT2D eigenvalue weighted by atomic mass is 9.45. The van der Waals surface area contributed by atoms with E-state index in [1.54, 1.807) is 6.07 Å². The number of hydrogen-bond donors (Lipinski definition) is 2. The minimum absolute atomic E-state index is 0.0342. The summed E-state index contributed by atoms with van der Waals surface area (Å²) < 4.78 is 22.9. The maximum absolute atomic E-state index is 14.2. The lowest BCUT2D eigenvalue weighted by Gasteiger charge is -2.63. The fourth-order valence-corrected chi connectivity index (χ4v) is 10.6. The van der Waals surface area contributed by atoms with Gasteiger partial charge in [-0.05, 0) is 37.2 Å². The summed E-state index contributed by atoms with van der Waals surface area (Å²) in [5.74, 6) is -3.12. The maximum Gasteiger partial charge on any atom is 0.309 e. The van der Waals surface area contributed by atoms with Crippen LogP contribution in [0.4, 0.5) is 0 Å². The average Bonchev–Trinajstić information content (AvgIpc) is 3.50. The number of Topliss-reactive ketones (excluding diaryl/α,β-unsaturated/α-hetero) is 1. The van der Waals surface area contributed by atoms with Gasteiger partial charge >= 0.3 is 11.9 Å². The van der Waals surface area contributed by atoms with Crippen LogP contribution in [-0.2, 0) is 28.6 Å². The molecule has 2 N–H and O–H groups in total. The van der Waals surface area contributed by atoms with Crippen LogP contribution in [0.25, 0.3) is 0 Å². The van der Waals surface area contributed by atoms with Crippen molar-refractivity contribution in [2.45, 2.75) is 81.9 Å². The number of fused-ring (bicyclic) bond motifs is 2. The largest absolute Gasteiger partial charge is 0.472 e. The molecule has 1 spiro atoms. The molecule has 6 aliphatic rings. The molecule has 0 radical (unpaired) electrons. The van der Waals surface area contributed by atoms with Crippen molar-refractivity contribution >= 4 is 17.7 Å². The van der Waals surface area contributed by atoms with E-state index in [1.165, 1.54) is 19.6 Å². The predicted octanol–water partition coefficient (Wildman–Crippen LogP) is 2.09. The Bertz CT molecular complexity index is 1210. The number of methoxy groups -OCH3 is 1. The number of carbonyl (C=O) groups excluding carboxylic acids is 3. The topological polar surface area (TPSA) is 133 Å². The van der Waals surface area contributed by atoms with Crippen LogP contribution in [0.5, 0.6) is 0 Å². The number of aliphatic hydroxyl groups is 2. The zero-order chi connectivity index (χ0) is 25.7. The Kier molecular flexibility index (Phi) is 3.98. The number of ketones is 1. The van der Waals surface area contributed by atoms with Gasteiger partial charge in [-0.15, -0.1) is 0 Å². The average molecular weight is 501 g/mol. The molecular weight excluding hydrogens is 468 g/mol. The van der Waals surface area contributed by atoms with Gasteiger partial charge in [-0.2, -0.15) is 0 Å². The van der Waals surface area contributed by atoms with Gasteiger partial charge < -0.3 is 28.8 Å². The molecule has 6 fully saturated rings. The summed E-state index contributed by atoms with van der Waals surface area (Å²) in [6.45, 7) is 5.68. The monoisotopic (exact) mass is 500 g/mol. The second kappa shape index (κ2) is 6.25. The molecule has 36 heavy (non-hydrogen) atoms. The van der Waals surface area contributed by atoms with Gasteiger partial charge in [-0.25, -0.2) is 0 Å². The summed E-state index contributed by atoms with van der Waals surface area (Å²) in [7, 11) is 1.31. The van der Waals surface area contributed by atoms with Gasteiger partial charge in [0.15, 0.2) is 5.78 Å². The fraction of sp³-hybridized carbons (Fsp3) is 0.741. The van der Waals surface area contributed by atoms with E-state index < -0.39 is 74.9 Å². The van der Waals surface area contributed by atoms with Crippen molar-refractivity contribution in [1.82, 2.24) is 0 Å². The highest BCUT2D eigenvalue weighted by molar-refractivity contribution is 5.94. The lowest BCUT2D eigenvalue weighted by molar-refractivity contribution is -0.294. The molecule has 9 heteroatoms. The molecule has 0 aromatic carbocycles. The third-order valence-electron chi connectivity index (χ3n) is 11.9. The molecule has 11 unspecified atom stereocenters. The van der Waals surface area contributed by atoms with E-state index in [-0.39, 0.29) is 25.0 Å². The molecule has 2 aliphatic heterocycles. The molecule has 3 heterocycles. The van der Waals surface area contributed by atoms with E-state index >= 15 is 0 Å². The van der Waals surface area contributed by atoms with Crippen LogP contribution >= 0.6 is 0 Å². The molecule has 4 saturated carbocycles. The Hall–Kier alpha value is -2.23. The zero-order valence-corrected chi connectivity index (χ0v) is 20.9. The Morgan fingerprint density at radius 1 is 1.22 bits per heavy atom. The molecule has 194 valence electrons. The van der Waals surface area contributed by atoms with Gasteiger partial charge in [0.25, 0.3) is 0 Å². The van der Waals surface area contributed by atoms with Gasteiger partial charge in [0.05, 0.1) is 37.6 Å². The van der Waals surface area contributed by atoms with Crippen LogP contribution in [-0.4, -0.2) is 58.0 Å².